The Morgan fingerprint density at radius 3 is 2.73 bits per heavy atom. The van der Waals surface area contributed by atoms with E-state index >= 15 is 0 Å². The summed E-state index contributed by atoms with van der Waals surface area (Å²) in [6, 6.07) is 4.80. The van der Waals surface area contributed by atoms with Crippen LogP contribution in [0.3, 0.4) is 0 Å². The Kier molecular flexibility index (Phi) is 5.79. The number of piperazine rings is 1. The van der Waals surface area contributed by atoms with Crippen molar-refractivity contribution in [3.63, 3.8) is 0 Å². The number of aromatic amines is 1. The summed E-state index contributed by atoms with van der Waals surface area (Å²) in [4.78, 5) is 50.4. The Labute approximate surface area is 239 Å². The van der Waals surface area contributed by atoms with Crippen LogP contribution in [-0.2, 0) is 25.5 Å². The molecule has 5 heterocycles. The molecule has 3 N–H and O–H groups in total. The third kappa shape index (κ3) is 3.50. The van der Waals surface area contributed by atoms with Gasteiger partial charge in [-0.2, -0.15) is 0 Å². The number of H-pyrrole nitrogens is 1. The number of rotatable bonds is 4. The average Bonchev–Trinajstić information content (AvgIpc) is 3.64. The van der Waals surface area contributed by atoms with E-state index < -0.39 is 41.5 Å². The maximum absolute atomic E-state index is 14.3. The van der Waals surface area contributed by atoms with Gasteiger partial charge < -0.3 is 20.3 Å². The van der Waals surface area contributed by atoms with Gasteiger partial charge >= 0.3 is 0 Å². The van der Waals surface area contributed by atoms with Crippen LogP contribution in [0.5, 0.6) is 0 Å². The van der Waals surface area contributed by atoms with Crippen molar-refractivity contribution < 1.29 is 24.2 Å². The van der Waals surface area contributed by atoms with Crippen LogP contribution < -0.4 is 5.32 Å². The van der Waals surface area contributed by atoms with Crippen LogP contribution in [-0.4, -0.2) is 92.4 Å². The molecular formula is C31H39N5O5. The third-order valence-corrected chi connectivity index (χ3v) is 10.1. The minimum absolute atomic E-state index is 0.150. The van der Waals surface area contributed by atoms with Gasteiger partial charge in [0.15, 0.2) is 0 Å². The summed E-state index contributed by atoms with van der Waals surface area (Å²) in [6.07, 6.45) is 6.21. The minimum atomic E-state index is -2.01. The molecule has 0 unspecified atom stereocenters. The number of fused-ring (bicyclic) bond motifs is 5. The number of benzene rings is 1. The Balaban J connectivity index is 1.25. The van der Waals surface area contributed by atoms with Gasteiger partial charge in [0.05, 0.1) is 5.92 Å². The van der Waals surface area contributed by atoms with Crippen molar-refractivity contribution in [3.8, 4) is 0 Å². The summed E-state index contributed by atoms with van der Waals surface area (Å²) in [5.41, 5.74) is 2.78. The summed E-state index contributed by atoms with van der Waals surface area (Å²) in [5.74, 6) is -4.36. The van der Waals surface area contributed by atoms with E-state index in [1.807, 2.05) is 33.0 Å². The lowest BCUT2D eigenvalue weighted by Gasteiger charge is -2.49. The molecule has 10 nitrogen and oxygen atoms in total. The second kappa shape index (κ2) is 8.89. The molecule has 2 aromatic rings. The Morgan fingerprint density at radius 2 is 2.00 bits per heavy atom. The number of hydrogen-bond donors (Lipinski definition) is 3. The quantitative estimate of drug-likeness (QED) is 0.526. The van der Waals surface area contributed by atoms with E-state index in [1.54, 1.807) is 18.7 Å². The highest BCUT2D eigenvalue weighted by Crippen LogP contribution is 2.49. The highest BCUT2D eigenvalue weighted by atomic mass is 16.7. The maximum atomic E-state index is 14.3. The van der Waals surface area contributed by atoms with Crippen LogP contribution in [0.25, 0.3) is 16.5 Å². The second-order valence-electron chi connectivity index (χ2n) is 13.1. The molecule has 3 fully saturated rings. The topological polar surface area (TPSA) is 118 Å². The van der Waals surface area contributed by atoms with E-state index in [0.717, 1.165) is 23.1 Å². The van der Waals surface area contributed by atoms with Gasteiger partial charge in [-0.15, -0.1) is 0 Å². The highest BCUT2D eigenvalue weighted by molar-refractivity contribution is 6.01. The number of carbonyl (C=O) groups excluding carboxylic acids is 3. The molecule has 41 heavy (non-hydrogen) atoms. The number of aromatic nitrogens is 1. The number of nitrogens with one attached hydrogen (secondary N) is 2. The number of hydrogen-bond acceptors (Lipinski definition) is 6. The fraction of sp³-hybridized carbons (Fsp3) is 0.581. The van der Waals surface area contributed by atoms with E-state index in [9.17, 15) is 19.5 Å². The van der Waals surface area contributed by atoms with Gasteiger partial charge in [0.25, 0.3) is 11.8 Å². The first-order chi connectivity index (χ1) is 19.5. The molecule has 4 aliphatic heterocycles. The van der Waals surface area contributed by atoms with E-state index in [-0.39, 0.29) is 23.8 Å². The van der Waals surface area contributed by atoms with Gasteiger partial charge in [0, 0.05) is 42.1 Å². The van der Waals surface area contributed by atoms with Gasteiger partial charge in [0.2, 0.25) is 17.5 Å². The van der Waals surface area contributed by atoms with Gasteiger partial charge in [-0.1, -0.05) is 45.9 Å². The van der Waals surface area contributed by atoms with Crippen LogP contribution >= 0.6 is 0 Å². The number of nitrogens with zero attached hydrogens (tertiary/aromatic N) is 3. The lowest BCUT2D eigenvalue weighted by molar-refractivity contribution is -0.323. The summed E-state index contributed by atoms with van der Waals surface area (Å²) < 4.78 is 6.40. The molecule has 5 aliphatic rings. The van der Waals surface area contributed by atoms with Crippen molar-refractivity contribution in [2.45, 2.75) is 76.7 Å². The smallest absolute Gasteiger partial charge is 0.281 e. The molecule has 218 valence electrons. The molecule has 7 rings (SSSR count). The SMILES string of the molecule is CC(C)[C@@H]1C(=O)N2CCC[C@@H]2[C@@]2(O)O[C@](NC(=O)[C@H]3C=C4c5cccc6[nH]cc(c56)C[C@@H]4N(C)C3)(C(C)C)C(=O)N12. The summed E-state index contributed by atoms with van der Waals surface area (Å²) in [5, 5.41) is 16.2. The largest absolute Gasteiger partial charge is 0.361 e. The van der Waals surface area contributed by atoms with Gasteiger partial charge in [-0.05, 0) is 55.0 Å². The zero-order chi connectivity index (χ0) is 29.0. The molecule has 10 heteroatoms. The maximum Gasteiger partial charge on any atom is 0.281 e. The monoisotopic (exact) mass is 561 g/mol. The van der Waals surface area contributed by atoms with Crippen molar-refractivity contribution in [1.82, 2.24) is 25.0 Å². The van der Waals surface area contributed by atoms with Gasteiger partial charge in [-0.3, -0.25) is 28.9 Å². The summed E-state index contributed by atoms with van der Waals surface area (Å²) in [7, 11) is 2.03. The van der Waals surface area contributed by atoms with Crippen LogP contribution in [0.15, 0.2) is 30.5 Å². The van der Waals surface area contributed by atoms with E-state index in [2.05, 4.69) is 33.5 Å². The van der Waals surface area contributed by atoms with Crippen molar-refractivity contribution in [3.05, 3.63) is 41.6 Å². The van der Waals surface area contributed by atoms with Crippen LogP contribution in [0.1, 0.15) is 51.7 Å². The van der Waals surface area contributed by atoms with Crippen molar-refractivity contribution >= 4 is 34.2 Å². The Hall–Kier alpha value is -3.21. The first-order valence-corrected chi connectivity index (χ1v) is 14.9. The number of carbonyl (C=O) groups is 3. The highest BCUT2D eigenvalue weighted by Gasteiger charge is 2.72. The lowest BCUT2D eigenvalue weighted by atomic mass is 9.79. The first kappa shape index (κ1) is 26.7. The molecule has 3 amide bonds. The van der Waals surface area contributed by atoms with Crippen LogP contribution in [0, 0.1) is 17.8 Å². The van der Waals surface area contributed by atoms with Crippen molar-refractivity contribution in [1.29, 1.82) is 0 Å². The molecule has 1 aliphatic carbocycles. The lowest BCUT2D eigenvalue weighted by Crippen LogP contribution is -2.72. The Morgan fingerprint density at radius 1 is 1.22 bits per heavy atom. The fourth-order valence-corrected chi connectivity index (χ4v) is 7.97. The van der Waals surface area contributed by atoms with Gasteiger partial charge in [-0.25, -0.2) is 0 Å². The molecule has 1 aromatic heterocycles. The zero-order valence-corrected chi connectivity index (χ0v) is 24.3. The molecule has 6 atom stereocenters. The minimum Gasteiger partial charge on any atom is -0.361 e. The molecule has 0 bridgehead atoms. The molecule has 0 saturated carbocycles. The number of aliphatic hydroxyl groups is 1. The summed E-state index contributed by atoms with van der Waals surface area (Å²) >= 11 is 0. The first-order valence-electron chi connectivity index (χ1n) is 14.9. The fourth-order valence-electron chi connectivity index (χ4n) is 7.97. The molecule has 1 aromatic carbocycles. The number of ether oxygens (including phenoxy) is 1. The number of amides is 3. The van der Waals surface area contributed by atoms with Crippen LogP contribution in [0.4, 0.5) is 0 Å². The van der Waals surface area contributed by atoms with E-state index in [1.165, 1.54) is 15.8 Å². The van der Waals surface area contributed by atoms with E-state index in [0.29, 0.717) is 25.9 Å². The van der Waals surface area contributed by atoms with Crippen molar-refractivity contribution in [2.75, 3.05) is 20.1 Å². The second-order valence-corrected chi connectivity index (χ2v) is 13.1. The Bertz CT molecular complexity index is 1500. The molecular weight excluding hydrogens is 522 g/mol. The zero-order valence-electron chi connectivity index (χ0n) is 24.3. The molecule has 3 saturated heterocycles. The third-order valence-electron chi connectivity index (χ3n) is 10.1. The number of likely N-dealkylation sites (N-methyl/N-ethyl adjacent to an activating group) is 1. The molecule has 0 spiro atoms. The standard InChI is InChI=1S/C31H39N5O5/c1-16(2)26-28(38)35-11-7-10-24(35)31(40)36(26)29(39)30(41-31,17(3)4)33-27(37)19-12-21-20-8-6-9-22-25(20)18(14-32-22)13-23(21)34(5)15-19/h6,8-9,12,14,16-17,19,23-24,26,32,40H,7,10-11,13,15H2,1-5H3,(H,33,37)/t19-,23-,24+,26+,30+,31+/m0/s1. The van der Waals surface area contributed by atoms with Gasteiger partial charge in [0.1, 0.15) is 12.1 Å². The van der Waals surface area contributed by atoms with Crippen molar-refractivity contribution in [2.24, 2.45) is 17.8 Å². The average molecular weight is 562 g/mol. The van der Waals surface area contributed by atoms with E-state index in [4.69, 9.17) is 4.74 Å². The predicted octanol–water partition coefficient (Wildman–Crippen LogP) is 2.04. The summed E-state index contributed by atoms with van der Waals surface area (Å²) in [6.45, 7) is 8.32. The van der Waals surface area contributed by atoms with Crippen LogP contribution in [0.2, 0.25) is 0 Å². The molecule has 0 radical (unpaired) electrons. The predicted molar refractivity (Wildman–Crippen MR) is 152 cm³/mol. The normalized spacial score (nSPS) is 34.8.